The normalized spacial score (nSPS) is 10.2. The molecular formula is C13H11Br2NO. The number of hydrogen-bond acceptors (Lipinski definition) is 2. The third-order valence-electron chi connectivity index (χ3n) is 2.25. The van der Waals surface area contributed by atoms with E-state index in [2.05, 4.69) is 36.8 Å². The summed E-state index contributed by atoms with van der Waals surface area (Å²) in [6.45, 7) is 0.539. The van der Waals surface area contributed by atoms with Crippen molar-refractivity contribution in [1.29, 1.82) is 0 Å². The maximum absolute atomic E-state index is 5.64. The summed E-state index contributed by atoms with van der Waals surface area (Å²) in [5.41, 5.74) is 2.08. The Morgan fingerprint density at radius 1 is 1.06 bits per heavy atom. The minimum Gasteiger partial charge on any atom is -0.473 e. The average molecular weight is 357 g/mol. The van der Waals surface area contributed by atoms with E-state index in [0.29, 0.717) is 17.8 Å². The first-order valence-corrected chi connectivity index (χ1v) is 7.09. The van der Waals surface area contributed by atoms with Crippen molar-refractivity contribution >= 4 is 31.9 Å². The van der Waals surface area contributed by atoms with E-state index in [9.17, 15) is 0 Å². The van der Waals surface area contributed by atoms with Crippen LogP contribution in [0.3, 0.4) is 0 Å². The lowest BCUT2D eigenvalue weighted by atomic mass is 10.2. The van der Waals surface area contributed by atoms with Crippen molar-refractivity contribution in [3.63, 3.8) is 0 Å². The van der Waals surface area contributed by atoms with E-state index in [0.717, 1.165) is 15.7 Å². The highest BCUT2D eigenvalue weighted by Crippen LogP contribution is 2.21. The highest BCUT2D eigenvalue weighted by molar-refractivity contribution is 9.10. The topological polar surface area (TPSA) is 22.1 Å². The Hall–Kier alpha value is -0.870. The summed E-state index contributed by atoms with van der Waals surface area (Å²) in [4.78, 5) is 4.39. The molecule has 2 rings (SSSR count). The molecule has 0 bridgehead atoms. The summed E-state index contributed by atoms with van der Waals surface area (Å²) < 4.78 is 6.62. The smallest absolute Gasteiger partial charge is 0.213 e. The summed E-state index contributed by atoms with van der Waals surface area (Å²) in [7, 11) is 0. The van der Waals surface area contributed by atoms with Crippen molar-refractivity contribution in [3.8, 4) is 5.88 Å². The van der Waals surface area contributed by atoms with Crippen LogP contribution in [0.15, 0.2) is 46.9 Å². The molecule has 1 heterocycles. The van der Waals surface area contributed by atoms with Gasteiger partial charge >= 0.3 is 0 Å². The number of nitrogens with zero attached hydrogens (tertiary/aromatic N) is 1. The highest BCUT2D eigenvalue weighted by Gasteiger charge is 2.03. The molecule has 1 aromatic carbocycles. The van der Waals surface area contributed by atoms with Crippen LogP contribution in [0.2, 0.25) is 0 Å². The number of alkyl halides is 1. The number of rotatable bonds is 4. The van der Waals surface area contributed by atoms with Crippen molar-refractivity contribution < 1.29 is 4.74 Å². The number of hydrogen-bond donors (Lipinski definition) is 0. The Balaban J connectivity index is 2.04. The standard InChI is InChI=1S/C13H11Br2NO/c14-8-12-11(15)6-7-13(16-12)17-9-10-4-2-1-3-5-10/h1-7H,8-9H2. The second kappa shape index (κ2) is 6.17. The van der Waals surface area contributed by atoms with Gasteiger partial charge in [0.05, 0.1) is 5.69 Å². The fraction of sp³-hybridized carbons (Fsp3) is 0.154. The largest absolute Gasteiger partial charge is 0.473 e. The fourth-order valence-electron chi connectivity index (χ4n) is 1.37. The van der Waals surface area contributed by atoms with Crippen molar-refractivity contribution in [1.82, 2.24) is 4.98 Å². The van der Waals surface area contributed by atoms with Gasteiger partial charge in [-0.05, 0) is 27.6 Å². The predicted molar refractivity (Wildman–Crippen MR) is 75.3 cm³/mol. The Kier molecular flexibility index (Phi) is 4.57. The molecule has 17 heavy (non-hydrogen) atoms. The van der Waals surface area contributed by atoms with Crippen LogP contribution < -0.4 is 4.74 Å². The molecule has 0 unspecified atom stereocenters. The van der Waals surface area contributed by atoms with E-state index in [1.807, 2.05) is 42.5 Å². The molecule has 0 saturated heterocycles. The van der Waals surface area contributed by atoms with Crippen LogP contribution in [0.1, 0.15) is 11.3 Å². The van der Waals surface area contributed by atoms with E-state index in [1.165, 1.54) is 0 Å². The average Bonchev–Trinajstić information content (AvgIpc) is 2.39. The van der Waals surface area contributed by atoms with Crippen molar-refractivity contribution in [3.05, 3.63) is 58.2 Å². The fourth-order valence-corrected chi connectivity index (χ4v) is 2.53. The zero-order valence-electron chi connectivity index (χ0n) is 9.07. The van der Waals surface area contributed by atoms with Crippen molar-refractivity contribution in [2.45, 2.75) is 11.9 Å². The van der Waals surface area contributed by atoms with E-state index in [1.54, 1.807) is 0 Å². The van der Waals surface area contributed by atoms with Crippen LogP contribution in [0.4, 0.5) is 0 Å². The van der Waals surface area contributed by atoms with Gasteiger partial charge in [0.1, 0.15) is 6.61 Å². The molecule has 0 saturated carbocycles. The first-order valence-electron chi connectivity index (χ1n) is 5.17. The molecule has 0 atom stereocenters. The van der Waals surface area contributed by atoms with Crippen molar-refractivity contribution in [2.75, 3.05) is 0 Å². The molecule has 0 aliphatic carbocycles. The van der Waals surface area contributed by atoms with Gasteiger partial charge in [-0.15, -0.1) is 0 Å². The molecule has 2 nitrogen and oxygen atoms in total. The molecule has 1 aromatic heterocycles. The lowest BCUT2D eigenvalue weighted by molar-refractivity contribution is 0.293. The molecule has 0 N–H and O–H groups in total. The molecule has 0 aliphatic rings. The Labute approximate surface area is 117 Å². The zero-order chi connectivity index (χ0) is 12.1. The molecule has 0 aliphatic heterocycles. The Morgan fingerprint density at radius 3 is 2.53 bits per heavy atom. The summed E-state index contributed by atoms with van der Waals surface area (Å²) in [5.74, 6) is 0.645. The number of benzene rings is 1. The second-order valence-corrected chi connectivity index (χ2v) is 4.90. The van der Waals surface area contributed by atoms with Gasteiger partial charge in [-0.25, -0.2) is 4.98 Å². The van der Waals surface area contributed by atoms with Gasteiger partial charge in [0.25, 0.3) is 0 Å². The third-order valence-corrected chi connectivity index (χ3v) is 3.50. The summed E-state index contributed by atoms with van der Waals surface area (Å²) in [6, 6.07) is 13.9. The van der Waals surface area contributed by atoms with Gasteiger partial charge < -0.3 is 4.74 Å². The summed E-state index contributed by atoms with van der Waals surface area (Å²) in [6.07, 6.45) is 0. The lowest BCUT2D eigenvalue weighted by Crippen LogP contribution is -1.98. The lowest BCUT2D eigenvalue weighted by Gasteiger charge is -2.07. The SMILES string of the molecule is BrCc1nc(OCc2ccccc2)ccc1Br. The molecule has 4 heteroatoms. The number of pyridine rings is 1. The van der Waals surface area contributed by atoms with Crippen LogP contribution in [0.5, 0.6) is 5.88 Å². The van der Waals surface area contributed by atoms with Crippen LogP contribution in [0, 0.1) is 0 Å². The van der Waals surface area contributed by atoms with E-state index < -0.39 is 0 Å². The quantitative estimate of drug-likeness (QED) is 0.761. The third kappa shape index (κ3) is 3.54. The first-order chi connectivity index (χ1) is 8.29. The Bertz CT molecular complexity index is 488. The van der Waals surface area contributed by atoms with Gasteiger partial charge in [-0.3, -0.25) is 0 Å². The monoisotopic (exact) mass is 355 g/mol. The first kappa shape index (κ1) is 12.6. The van der Waals surface area contributed by atoms with E-state index in [4.69, 9.17) is 4.74 Å². The minimum absolute atomic E-state index is 0.539. The summed E-state index contributed by atoms with van der Waals surface area (Å²) >= 11 is 6.83. The van der Waals surface area contributed by atoms with Crippen molar-refractivity contribution in [2.24, 2.45) is 0 Å². The van der Waals surface area contributed by atoms with Crippen LogP contribution >= 0.6 is 31.9 Å². The van der Waals surface area contributed by atoms with E-state index in [-0.39, 0.29) is 0 Å². The van der Waals surface area contributed by atoms with Gasteiger partial charge in [-0.2, -0.15) is 0 Å². The molecule has 0 amide bonds. The van der Waals surface area contributed by atoms with Gasteiger partial charge in [0, 0.05) is 15.9 Å². The maximum atomic E-state index is 5.64. The molecule has 0 radical (unpaired) electrons. The number of ether oxygens (including phenoxy) is 1. The molecule has 0 fully saturated rings. The number of aromatic nitrogens is 1. The van der Waals surface area contributed by atoms with Gasteiger partial charge in [0.2, 0.25) is 5.88 Å². The number of halogens is 2. The zero-order valence-corrected chi connectivity index (χ0v) is 12.2. The molecule has 88 valence electrons. The maximum Gasteiger partial charge on any atom is 0.213 e. The predicted octanol–water partition coefficient (Wildman–Crippen LogP) is 4.32. The molecule has 2 aromatic rings. The van der Waals surface area contributed by atoms with E-state index >= 15 is 0 Å². The van der Waals surface area contributed by atoms with Crippen LogP contribution in [0.25, 0.3) is 0 Å². The second-order valence-electron chi connectivity index (χ2n) is 3.49. The highest BCUT2D eigenvalue weighted by atomic mass is 79.9. The van der Waals surface area contributed by atoms with Gasteiger partial charge in [-0.1, -0.05) is 46.3 Å². The minimum atomic E-state index is 0.539. The summed E-state index contributed by atoms with van der Waals surface area (Å²) in [5, 5.41) is 0.704. The molecular weight excluding hydrogens is 346 g/mol. The Morgan fingerprint density at radius 2 is 1.82 bits per heavy atom. The van der Waals surface area contributed by atoms with Crippen LogP contribution in [-0.4, -0.2) is 4.98 Å². The van der Waals surface area contributed by atoms with Gasteiger partial charge in [0.15, 0.2) is 0 Å². The molecule has 0 spiro atoms. The van der Waals surface area contributed by atoms with Crippen LogP contribution in [-0.2, 0) is 11.9 Å².